The number of nitrogens with one attached hydrogen (secondary N) is 1. The maximum Gasteiger partial charge on any atom is 0.266 e. The topological polar surface area (TPSA) is 71.3 Å². The summed E-state index contributed by atoms with van der Waals surface area (Å²) in [6, 6.07) is 14.4. The Balaban J connectivity index is 2.30. The summed E-state index contributed by atoms with van der Waals surface area (Å²) in [6.45, 7) is 1.96. The molecule has 0 aliphatic rings. The molecule has 0 atom stereocenters. The van der Waals surface area contributed by atoms with Gasteiger partial charge in [0, 0.05) is 11.3 Å². The first-order chi connectivity index (χ1) is 11.6. The number of anilines is 1. The van der Waals surface area contributed by atoms with Crippen LogP contribution in [0.15, 0.2) is 48.0 Å². The number of hydrogen-bond acceptors (Lipinski definition) is 4. The van der Waals surface area contributed by atoms with E-state index in [1.165, 1.54) is 13.2 Å². The van der Waals surface area contributed by atoms with Crippen molar-refractivity contribution in [1.29, 1.82) is 5.26 Å². The zero-order valence-electron chi connectivity index (χ0n) is 13.8. The van der Waals surface area contributed by atoms with E-state index in [1.807, 2.05) is 25.1 Å². The predicted octanol–water partition coefficient (Wildman–Crippen LogP) is 3.56. The summed E-state index contributed by atoms with van der Waals surface area (Å²) in [5, 5.41) is 12.0. The molecule has 0 aromatic heterocycles. The van der Waals surface area contributed by atoms with E-state index >= 15 is 0 Å². The Bertz CT molecular complexity index is 802. The lowest BCUT2D eigenvalue weighted by molar-refractivity contribution is -0.112. The van der Waals surface area contributed by atoms with Gasteiger partial charge in [-0.1, -0.05) is 17.7 Å². The molecule has 0 bridgehead atoms. The van der Waals surface area contributed by atoms with E-state index in [4.69, 9.17) is 9.47 Å². The van der Waals surface area contributed by atoms with Crippen molar-refractivity contribution in [3.05, 3.63) is 59.2 Å². The summed E-state index contributed by atoms with van der Waals surface area (Å²) in [4.78, 5) is 12.3. The lowest BCUT2D eigenvalue weighted by Gasteiger charge is -2.08. The van der Waals surface area contributed by atoms with Gasteiger partial charge in [-0.05, 0) is 43.3 Å². The first-order valence-electron chi connectivity index (χ1n) is 7.29. The monoisotopic (exact) mass is 322 g/mol. The Morgan fingerprint density at radius 3 is 2.42 bits per heavy atom. The van der Waals surface area contributed by atoms with Gasteiger partial charge in [0.1, 0.15) is 23.1 Å². The molecule has 2 aromatic rings. The highest BCUT2D eigenvalue weighted by atomic mass is 16.5. The molecule has 0 radical (unpaired) electrons. The highest BCUT2D eigenvalue weighted by molar-refractivity contribution is 6.09. The second-order valence-electron chi connectivity index (χ2n) is 5.10. The second kappa shape index (κ2) is 7.84. The number of ether oxygens (including phenoxy) is 2. The first-order valence-corrected chi connectivity index (χ1v) is 7.29. The van der Waals surface area contributed by atoms with Crippen molar-refractivity contribution in [2.45, 2.75) is 6.92 Å². The van der Waals surface area contributed by atoms with Gasteiger partial charge in [-0.15, -0.1) is 0 Å². The van der Waals surface area contributed by atoms with Crippen LogP contribution in [-0.2, 0) is 4.79 Å². The standard InChI is InChI=1S/C19H18N2O3/c1-13-4-6-16(7-5-13)21-19(22)15(12-20)10-14-11-17(23-2)8-9-18(14)24-3/h4-11H,1-3H3,(H,21,22)/b15-10-. The summed E-state index contributed by atoms with van der Waals surface area (Å²) in [6.07, 6.45) is 1.48. The summed E-state index contributed by atoms with van der Waals surface area (Å²) in [7, 11) is 3.07. The molecule has 0 heterocycles. The minimum Gasteiger partial charge on any atom is -0.497 e. The van der Waals surface area contributed by atoms with Crippen molar-refractivity contribution in [1.82, 2.24) is 0 Å². The first kappa shape index (κ1) is 17.1. The molecule has 0 fully saturated rings. The van der Waals surface area contributed by atoms with Gasteiger partial charge in [0.2, 0.25) is 0 Å². The third kappa shape index (κ3) is 4.14. The Labute approximate surface area is 141 Å². The molecule has 0 aliphatic carbocycles. The molecular weight excluding hydrogens is 304 g/mol. The van der Waals surface area contributed by atoms with Gasteiger partial charge in [0.15, 0.2) is 0 Å². The molecule has 1 N–H and O–H groups in total. The fourth-order valence-electron chi connectivity index (χ4n) is 2.09. The highest BCUT2D eigenvalue weighted by Gasteiger charge is 2.12. The van der Waals surface area contributed by atoms with E-state index in [0.29, 0.717) is 22.7 Å². The Hall–Kier alpha value is -3.26. The summed E-state index contributed by atoms with van der Waals surface area (Å²) in [5.74, 6) is 0.677. The quantitative estimate of drug-likeness (QED) is 0.675. The van der Waals surface area contributed by atoms with Gasteiger partial charge in [-0.25, -0.2) is 0 Å². The minimum absolute atomic E-state index is 0.0258. The lowest BCUT2D eigenvalue weighted by atomic mass is 10.1. The van der Waals surface area contributed by atoms with Gasteiger partial charge in [0.05, 0.1) is 14.2 Å². The molecule has 2 rings (SSSR count). The van der Waals surface area contributed by atoms with Crippen LogP contribution in [0.3, 0.4) is 0 Å². The number of aryl methyl sites for hydroxylation is 1. The van der Waals surface area contributed by atoms with E-state index in [2.05, 4.69) is 5.32 Å². The number of nitriles is 1. The van der Waals surface area contributed by atoms with Crippen LogP contribution in [0.2, 0.25) is 0 Å². The van der Waals surface area contributed by atoms with Crippen LogP contribution in [0.5, 0.6) is 11.5 Å². The van der Waals surface area contributed by atoms with E-state index in [0.717, 1.165) is 5.56 Å². The summed E-state index contributed by atoms with van der Waals surface area (Å²) in [5.41, 5.74) is 2.28. The van der Waals surface area contributed by atoms with Gasteiger partial charge in [-0.3, -0.25) is 4.79 Å². The molecular formula is C19H18N2O3. The summed E-state index contributed by atoms with van der Waals surface area (Å²) < 4.78 is 10.4. The molecule has 2 aromatic carbocycles. The number of carbonyl (C=O) groups excluding carboxylic acids is 1. The van der Waals surface area contributed by atoms with Crippen molar-refractivity contribution in [2.24, 2.45) is 0 Å². The highest BCUT2D eigenvalue weighted by Crippen LogP contribution is 2.26. The molecule has 0 saturated heterocycles. The minimum atomic E-state index is -0.480. The fraction of sp³-hybridized carbons (Fsp3) is 0.158. The lowest BCUT2D eigenvalue weighted by Crippen LogP contribution is -2.13. The van der Waals surface area contributed by atoms with Crippen LogP contribution < -0.4 is 14.8 Å². The molecule has 1 amide bonds. The van der Waals surface area contributed by atoms with Gasteiger partial charge < -0.3 is 14.8 Å². The SMILES string of the molecule is COc1ccc(OC)c(/C=C(/C#N)C(=O)Nc2ccc(C)cc2)c1. The summed E-state index contributed by atoms with van der Waals surface area (Å²) >= 11 is 0. The van der Waals surface area contributed by atoms with Crippen molar-refractivity contribution < 1.29 is 14.3 Å². The number of amides is 1. The Kier molecular flexibility index (Phi) is 5.58. The van der Waals surface area contributed by atoms with Crippen molar-refractivity contribution in [3.8, 4) is 17.6 Å². The number of hydrogen-bond donors (Lipinski definition) is 1. The predicted molar refractivity (Wildman–Crippen MR) is 92.9 cm³/mol. The van der Waals surface area contributed by atoms with E-state index < -0.39 is 5.91 Å². The van der Waals surface area contributed by atoms with Crippen molar-refractivity contribution in [3.63, 3.8) is 0 Å². The number of rotatable bonds is 5. The number of nitrogens with zero attached hydrogens (tertiary/aromatic N) is 1. The molecule has 0 saturated carbocycles. The van der Waals surface area contributed by atoms with Crippen LogP contribution >= 0.6 is 0 Å². The average Bonchev–Trinajstić information content (AvgIpc) is 2.61. The number of methoxy groups -OCH3 is 2. The fourth-order valence-corrected chi connectivity index (χ4v) is 2.09. The van der Waals surface area contributed by atoms with Crippen molar-refractivity contribution >= 4 is 17.7 Å². The van der Waals surface area contributed by atoms with Crippen LogP contribution in [0.1, 0.15) is 11.1 Å². The van der Waals surface area contributed by atoms with Crippen LogP contribution in [0, 0.1) is 18.3 Å². The Morgan fingerprint density at radius 1 is 1.12 bits per heavy atom. The molecule has 0 spiro atoms. The number of carbonyl (C=O) groups is 1. The van der Waals surface area contributed by atoms with E-state index in [9.17, 15) is 10.1 Å². The van der Waals surface area contributed by atoms with Gasteiger partial charge >= 0.3 is 0 Å². The maximum absolute atomic E-state index is 12.3. The van der Waals surface area contributed by atoms with Crippen LogP contribution in [-0.4, -0.2) is 20.1 Å². The van der Waals surface area contributed by atoms with Crippen molar-refractivity contribution in [2.75, 3.05) is 19.5 Å². The molecule has 0 unspecified atom stereocenters. The molecule has 5 heteroatoms. The largest absolute Gasteiger partial charge is 0.497 e. The smallest absolute Gasteiger partial charge is 0.266 e. The third-order valence-corrected chi connectivity index (χ3v) is 3.41. The van der Waals surface area contributed by atoms with E-state index in [-0.39, 0.29) is 5.57 Å². The normalized spacial score (nSPS) is 10.7. The van der Waals surface area contributed by atoms with Crippen LogP contribution in [0.25, 0.3) is 6.08 Å². The zero-order chi connectivity index (χ0) is 17.5. The zero-order valence-corrected chi connectivity index (χ0v) is 13.8. The average molecular weight is 322 g/mol. The molecule has 5 nitrogen and oxygen atoms in total. The second-order valence-corrected chi connectivity index (χ2v) is 5.10. The molecule has 24 heavy (non-hydrogen) atoms. The van der Waals surface area contributed by atoms with E-state index in [1.54, 1.807) is 37.4 Å². The van der Waals surface area contributed by atoms with Gasteiger partial charge in [-0.2, -0.15) is 5.26 Å². The van der Waals surface area contributed by atoms with Crippen LogP contribution in [0.4, 0.5) is 5.69 Å². The Morgan fingerprint density at radius 2 is 1.83 bits per heavy atom. The maximum atomic E-state index is 12.3. The molecule has 0 aliphatic heterocycles. The number of benzene rings is 2. The third-order valence-electron chi connectivity index (χ3n) is 3.41. The molecule has 122 valence electrons. The van der Waals surface area contributed by atoms with Gasteiger partial charge in [0.25, 0.3) is 5.91 Å².